The van der Waals surface area contributed by atoms with Crippen LogP contribution in [0.1, 0.15) is 33.5 Å². The highest BCUT2D eigenvalue weighted by atomic mass is 19.1. The van der Waals surface area contributed by atoms with E-state index < -0.39 is 0 Å². The van der Waals surface area contributed by atoms with Gasteiger partial charge in [-0.3, -0.25) is 4.79 Å². The normalized spacial score (nSPS) is 13.3. The number of rotatable bonds is 3. The fraction of sp³-hybridized carbons (Fsp3) is 0.235. The van der Waals surface area contributed by atoms with Crippen molar-refractivity contribution in [1.29, 1.82) is 0 Å². The van der Waals surface area contributed by atoms with Crippen molar-refractivity contribution < 1.29 is 9.18 Å². The van der Waals surface area contributed by atoms with Crippen LogP contribution in [0, 0.1) is 5.82 Å². The minimum atomic E-state index is -0.270. The number of benzene rings is 2. The molecule has 0 saturated carbocycles. The number of aryl methyl sites for hydroxylation is 2. The first kappa shape index (κ1) is 12.1. The van der Waals surface area contributed by atoms with Crippen LogP contribution in [-0.2, 0) is 19.3 Å². The van der Waals surface area contributed by atoms with Gasteiger partial charge in [0.15, 0.2) is 5.78 Å². The average molecular weight is 254 g/mol. The lowest BCUT2D eigenvalue weighted by Crippen LogP contribution is -2.04. The van der Waals surface area contributed by atoms with E-state index in [9.17, 15) is 9.18 Å². The second-order valence-corrected chi connectivity index (χ2v) is 5.06. The molecule has 96 valence electrons. The first-order valence-electron chi connectivity index (χ1n) is 6.62. The molecule has 3 rings (SSSR count). The maximum atomic E-state index is 12.8. The Morgan fingerprint density at radius 1 is 1.00 bits per heavy atom. The first-order chi connectivity index (χ1) is 9.22. The van der Waals surface area contributed by atoms with Crippen molar-refractivity contribution in [3.8, 4) is 0 Å². The molecule has 1 nitrogen and oxygen atoms in total. The number of fused-ring (bicyclic) bond motifs is 1. The van der Waals surface area contributed by atoms with Crippen LogP contribution in [-0.4, -0.2) is 5.78 Å². The van der Waals surface area contributed by atoms with Crippen LogP contribution < -0.4 is 0 Å². The molecule has 0 fully saturated rings. The number of hydrogen-bond acceptors (Lipinski definition) is 1. The monoisotopic (exact) mass is 254 g/mol. The van der Waals surface area contributed by atoms with Crippen LogP contribution >= 0.6 is 0 Å². The van der Waals surface area contributed by atoms with E-state index in [0.717, 1.165) is 24.0 Å². The van der Waals surface area contributed by atoms with Gasteiger partial charge in [-0.05, 0) is 54.2 Å². The Labute approximate surface area is 112 Å². The molecule has 0 heterocycles. The first-order valence-corrected chi connectivity index (χ1v) is 6.62. The topological polar surface area (TPSA) is 17.1 Å². The van der Waals surface area contributed by atoms with Gasteiger partial charge in [0.1, 0.15) is 5.82 Å². The Balaban J connectivity index is 1.78. The minimum Gasteiger partial charge on any atom is -0.294 e. The molecule has 0 atom stereocenters. The number of Topliss-reactive ketones (excluding diaryl/α,β-unsaturated/α-hetero) is 1. The smallest absolute Gasteiger partial charge is 0.167 e. The summed E-state index contributed by atoms with van der Waals surface area (Å²) in [5.41, 5.74) is 4.31. The molecule has 0 unspecified atom stereocenters. The molecule has 0 aromatic heterocycles. The van der Waals surface area contributed by atoms with Gasteiger partial charge in [-0.15, -0.1) is 0 Å². The van der Waals surface area contributed by atoms with Crippen molar-refractivity contribution in [2.75, 3.05) is 0 Å². The fourth-order valence-electron chi connectivity index (χ4n) is 2.63. The van der Waals surface area contributed by atoms with Crippen LogP contribution in [0.4, 0.5) is 4.39 Å². The van der Waals surface area contributed by atoms with Gasteiger partial charge in [0.05, 0.1) is 0 Å². The van der Waals surface area contributed by atoms with E-state index in [-0.39, 0.29) is 11.6 Å². The lowest BCUT2D eigenvalue weighted by Gasteiger charge is -2.05. The number of hydrogen-bond donors (Lipinski definition) is 0. The van der Waals surface area contributed by atoms with E-state index in [1.807, 2.05) is 12.1 Å². The lowest BCUT2D eigenvalue weighted by molar-refractivity contribution is 0.0993. The third kappa shape index (κ3) is 2.58. The van der Waals surface area contributed by atoms with Crippen molar-refractivity contribution in [2.45, 2.75) is 25.7 Å². The number of carbonyl (C=O) groups is 1. The van der Waals surface area contributed by atoms with Gasteiger partial charge in [-0.2, -0.15) is 0 Å². The van der Waals surface area contributed by atoms with Gasteiger partial charge in [0.25, 0.3) is 0 Å². The lowest BCUT2D eigenvalue weighted by atomic mass is 9.99. The molecule has 0 bridgehead atoms. The quantitative estimate of drug-likeness (QED) is 0.763. The molecule has 0 saturated heterocycles. The molecular formula is C17H15FO. The molecule has 1 aliphatic carbocycles. The van der Waals surface area contributed by atoms with Crippen molar-refractivity contribution in [1.82, 2.24) is 0 Å². The molecule has 0 amide bonds. The summed E-state index contributed by atoms with van der Waals surface area (Å²) < 4.78 is 12.8. The van der Waals surface area contributed by atoms with Gasteiger partial charge in [0, 0.05) is 12.0 Å². The minimum absolute atomic E-state index is 0.0984. The van der Waals surface area contributed by atoms with Gasteiger partial charge in [0.2, 0.25) is 0 Å². The molecule has 0 radical (unpaired) electrons. The highest BCUT2D eigenvalue weighted by molar-refractivity contribution is 5.97. The van der Waals surface area contributed by atoms with Crippen LogP contribution in [0.15, 0.2) is 42.5 Å². The van der Waals surface area contributed by atoms with Crippen LogP contribution in [0.5, 0.6) is 0 Å². The zero-order valence-corrected chi connectivity index (χ0v) is 10.7. The maximum absolute atomic E-state index is 12.8. The van der Waals surface area contributed by atoms with E-state index in [1.54, 1.807) is 12.1 Å². The third-order valence-electron chi connectivity index (χ3n) is 3.70. The Morgan fingerprint density at radius 3 is 2.53 bits per heavy atom. The number of halogens is 1. The predicted octanol–water partition coefficient (Wildman–Crippen LogP) is 3.74. The molecule has 0 spiro atoms. The van der Waals surface area contributed by atoms with Crippen molar-refractivity contribution in [3.63, 3.8) is 0 Å². The Morgan fingerprint density at radius 2 is 1.74 bits per heavy atom. The Kier molecular flexibility index (Phi) is 3.16. The molecule has 0 aliphatic heterocycles. The fourth-order valence-corrected chi connectivity index (χ4v) is 2.63. The highest BCUT2D eigenvalue weighted by Gasteiger charge is 2.14. The molecule has 19 heavy (non-hydrogen) atoms. The second-order valence-electron chi connectivity index (χ2n) is 5.06. The molecule has 0 N–H and O–H groups in total. The van der Waals surface area contributed by atoms with E-state index >= 15 is 0 Å². The van der Waals surface area contributed by atoms with Crippen LogP contribution in [0.2, 0.25) is 0 Å². The highest BCUT2D eigenvalue weighted by Crippen LogP contribution is 2.23. The molecule has 2 aromatic carbocycles. The van der Waals surface area contributed by atoms with Gasteiger partial charge in [-0.1, -0.05) is 24.3 Å². The molecule has 1 aliphatic rings. The summed E-state index contributed by atoms with van der Waals surface area (Å²) in [6.07, 6.45) is 3.72. The standard InChI is InChI=1S/C17H15FO/c18-16-8-4-12(5-9-16)10-17(19)15-7-6-13-2-1-3-14(13)11-15/h4-9,11H,1-3,10H2. The third-order valence-corrected chi connectivity index (χ3v) is 3.70. The summed E-state index contributed by atoms with van der Waals surface area (Å²) in [5.74, 6) is -0.171. The molecule has 2 heteroatoms. The van der Waals surface area contributed by atoms with E-state index in [1.165, 1.54) is 29.7 Å². The number of carbonyl (C=O) groups excluding carboxylic acids is 1. The predicted molar refractivity (Wildman–Crippen MR) is 72.9 cm³/mol. The summed E-state index contributed by atoms with van der Waals surface area (Å²) >= 11 is 0. The van der Waals surface area contributed by atoms with Crippen molar-refractivity contribution in [2.24, 2.45) is 0 Å². The Hall–Kier alpha value is -1.96. The largest absolute Gasteiger partial charge is 0.294 e. The van der Waals surface area contributed by atoms with Gasteiger partial charge in [-0.25, -0.2) is 4.39 Å². The summed E-state index contributed by atoms with van der Waals surface area (Å²) in [6, 6.07) is 12.1. The summed E-state index contributed by atoms with van der Waals surface area (Å²) in [5, 5.41) is 0. The van der Waals surface area contributed by atoms with E-state index in [4.69, 9.17) is 0 Å². The summed E-state index contributed by atoms with van der Waals surface area (Å²) in [7, 11) is 0. The maximum Gasteiger partial charge on any atom is 0.167 e. The summed E-state index contributed by atoms with van der Waals surface area (Å²) in [6.45, 7) is 0. The van der Waals surface area contributed by atoms with E-state index in [2.05, 4.69) is 6.07 Å². The Bertz CT molecular complexity index is 614. The van der Waals surface area contributed by atoms with Crippen molar-refractivity contribution >= 4 is 5.78 Å². The van der Waals surface area contributed by atoms with Crippen LogP contribution in [0.3, 0.4) is 0 Å². The number of ketones is 1. The summed E-state index contributed by atoms with van der Waals surface area (Å²) in [4.78, 5) is 12.2. The van der Waals surface area contributed by atoms with Crippen molar-refractivity contribution in [3.05, 3.63) is 70.5 Å². The van der Waals surface area contributed by atoms with Gasteiger partial charge < -0.3 is 0 Å². The SMILES string of the molecule is O=C(Cc1ccc(F)cc1)c1ccc2c(c1)CCC2. The van der Waals surface area contributed by atoms with Gasteiger partial charge >= 0.3 is 0 Å². The molecule has 2 aromatic rings. The zero-order chi connectivity index (χ0) is 13.2. The van der Waals surface area contributed by atoms with Crippen LogP contribution in [0.25, 0.3) is 0 Å². The zero-order valence-electron chi connectivity index (χ0n) is 10.7. The second kappa shape index (κ2) is 4.96. The molecular weight excluding hydrogens is 239 g/mol. The average Bonchev–Trinajstić information content (AvgIpc) is 2.88. The van der Waals surface area contributed by atoms with E-state index in [0.29, 0.717) is 6.42 Å².